The van der Waals surface area contributed by atoms with Crippen LogP contribution < -0.4 is 0 Å². The Morgan fingerprint density at radius 2 is 1.55 bits per heavy atom. The Labute approximate surface area is 119 Å². The van der Waals surface area contributed by atoms with Crippen molar-refractivity contribution in [1.29, 1.82) is 0 Å². The largest absolute Gasteiger partial charge is 0.481 e. The van der Waals surface area contributed by atoms with Crippen molar-refractivity contribution in [3.63, 3.8) is 0 Å². The Bertz CT molecular complexity index is 627. The highest BCUT2D eigenvalue weighted by molar-refractivity contribution is 5.79. The van der Waals surface area contributed by atoms with Crippen molar-refractivity contribution in [3.05, 3.63) is 70.8 Å². The van der Waals surface area contributed by atoms with E-state index in [0.717, 1.165) is 11.1 Å². The third kappa shape index (κ3) is 1.92. The minimum atomic E-state index is -0.701. The molecule has 1 aliphatic rings. The van der Waals surface area contributed by atoms with E-state index in [4.69, 9.17) is 0 Å². The highest BCUT2D eigenvalue weighted by Crippen LogP contribution is 2.59. The molecule has 1 atom stereocenters. The van der Waals surface area contributed by atoms with Gasteiger partial charge in [-0.2, -0.15) is 0 Å². The standard InChI is InChI=1S/C18H18O2/c1-12-5-3-7-14(9-12)18(11-16(18)17(19)20)15-8-4-6-13(2)10-15/h3-10,16H,11H2,1-2H3,(H,19,20). The van der Waals surface area contributed by atoms with Crippen LogP contribution in [-0.4, -0.2) is 11.1 Å². The lowest BCUT2D eigenvalue weighted by atomic mass is 9.84. The Balaban J connectivity index is 2.14. The van der Waals surface area contributed by atoms with E-state index in [1.165, 1.54) is 11.1 Å². The van der Waals surface area contributed by atoms with Crippen molar-refractivity contribution in [2.24, 2.45) is 5.92 Å². The molecule has 1 saturated carbocycles. The number of benzene rings is 2. The van der Waals surface area contributed by atoms with Crippen LogP contribution in [0.5, 0.6) is 0 Å². The fraction of sp³-hybridized carbons (Fsp3) is 0.278. The van der Waals surface area contributed by atoms with Gasteiger partial charge in [0.2, 0.25) is 0 Å². The molecule has 20 heavy (non-hydrogen) atoms. The SMILES string of the molecule is Cc1cccc(C2(c3cccc(C)c3)CC2C(=O)O)c1. The first-order chi connectivity index (χ1) is 9.54. The summed E-state index contributed by atoms with van der Waals surface area (Å²) >= 11 is 0. The number of rotatable bonds is 3. The maximum Gasteiger partial charge on any atom is 0.307 e. The van der Waals surface area contributed by atoms with Crippen molar-refractivity contribution < 1.29 is 9.90 Å². The highest BCUT2D eigenvalue weighted by Gasteiger charge is 2.60. The van der Waals surface area contributed by atoms with Crippen molar-refractivity contribution >= 4 is 5.97 Å². The summed E-state index contributed by atoms with van der Waals surface area (Å²) in [5.41, 5.74) is 4.24. The van der Waals surface area contributed by atoms with Crippen molar-refractivity contribution in [2.75, 3.05) is 0 Å². The van der Waals surface area contributed by atoms with Gasteiger partial charge >= 0.3 is 5.97 Å². The molecule has 0 aliphatic heterocycles. The molecule has 1 fully saturated rings. The maximum atomic E-state index is 11.5. The van der Waals surface area contributed by atoms with Gasteiger partial charge in [0.25, 0.3) is 0 Å². The van der Waals surface area contributed by atoms with Gasteiger partial charge in [-0.15, -0.1) is 0 Å². The molecule has 2 nitrogen and oxygen atoms in total. The Kier molecular flexibility index (Phi) is 2.89. The molecule has 0 heterocycles. The average Bonchev–Trinajstić information content (AvgIpc) is 3.15. The lowest BCUT2D eigenvalue weighted by Crippen LogP contribution is -2.17. The molecule has 3 rings (SSSR count). The summed E-state index contributed by atoms with van der Waals surface area (Å²) in [6, 6.07) is 16.5. The van der Waals surface area contributed by atoms with Gasteiger partial charge in [0.1, 0.15) is 0 Å². The average molecular weight is 266 g/mol. The monoisotopic (exact) mass is 266 g/mol. The van der Waals surface area contributed by atoms with Crippen LogP contribution in [-0.2, 0) is 10.2 Å². The molecule has 2 aromatic rings. The Morgan fingerprint density at radius 1 is 1.05 bits per heavy atom. The van der Waals surface area contributed by atoms with Gasteiger partial charge in [-0.25, -0.2) is 0 Å². The molecule has 0 saturated heterocycles. The molecule has 2 heteroatoms. The number of hydrogen-bond donors (Lipinski definition) is 1. The zero-order chi connectivity index (χ0) is 14.3. The first-order valence-electron chi connectivity index (χ1n) is 6.91. The molecule has 0 amide bonds. The van der Waals surface area contributed by atoms with Crippen LogP contribution in [0.4, 0.5) is 0 Å². The lowest BCUT2D eigenvalue weighted by molar-refractivity contribution is -0.138. The third-order valence-corrected chi connectivity index (χ3v) is 4.33. The smallest absolute Gasteiger partial charge is 0.307 e. The van der Waals surface area contributed by atoms with E-state index in [1.54, 1.807) is 0 Å². The first-order valence-corrected chi connectivity index (χ1v) is 6.91. The van der Waals surface area contributed by atoms with Crippen LogP contribution in [0, 0.1) is 19.8 Å². The van der Waals surface area contributed by atoms with E-state index >= 15 is 0 Å². The van der Waals surface area contributed by atoms with Crippen molar-refractivity contribution in [3.8, 4) is 0 Å². The molecule has 2 aromatic carbocycles. The molecule has 0 spiro atoms. The quantitative estimate of drug-likeness (QED) is 0.919. The number of carbonyl (C=O) groups is 1. The molecular weight excluding hydrogens is 248 g/mol. The van der Waals surface area contributed by atoms with Crippen molar-refractivity contribution in [1.82, 2.24) is 0 Å². The Morgan fingerprint density at radius 3 is 1.90 bits per heavy atom. The summed E-state index contributed by atoms with van der Waals surface area (Å²) in [4.78, 5) is 11.5. The predicted octanol–water partition coefficient (Wildman–Crippen LogP) is 3.69. The second kappa shape index (κ2) is 4.48. The van der Waals surface area contributed by atoms with E-state index in [0.29, 0.717) is 6.42 Å². The number of carboxylic acid groups (broad SMARTS) is 1. The van der Waals surface area contributed by atoms with Gasteiger partial charge in [0.15, 0.2) is 0 Å². The number of hydrogen-bond acceptors (Lipinski definition) is 1. The zero-order valence-electron chi connectivity index (χ0n) is 11.8. The summed E-state index contributed by atoms with van der Waals surface area (Å²) in [6.07, 6.45) is 0.690. The summed E-state index contributed by atoms with van der Waals surface area (Å²) in [5, 5.41) is 9.45. The molecule has 102 valence electrons. The summed E-state index contributed by atoms with van der Waals surface area (Å²) in [7, 11) is 0. The minimum absolute atomic E-state index is 0.314. The van der Waals surface area contributed by atoms with E-state index < -0.39 is 5.97 Å². The fourth-order valence-corrected chi connectivity index (χ4v) is 3.21. The topological polar surface area (TPSA) is 37.3 Å². The predicted molar refractivity (Wildman–Crippen MR) is 78.9 cm³/mol. The van der Waals surface area contributed by atoms with Crippen molar-refractivity contribution in [2.45, 2.75) is 25.7 Å². The van der Waals surface area contributed by atoms with Gasteiger partial charge in [-0.3, -0.25) is 4.79 Å². The van der Waals surface area contributed by atoms with Crippen LogP contribution >= 0.6 is 0 Å². The summed E-state index contributed by atoms with van der Waals surface area (Å²) in [5.74, 6) is -1.01. The second-order valence-electron chi connectivity index (χ2n) is 5.81. The van der Waals surface area contributed by atoms with Gasteiger partial charge in [-0.05, 0) is 31.4 Å². The fourth-order valence-electron chi connectivity index (χ4n) is 3.21. The van der Waals surface area contributed by atoms with Gasteiger partial charge in [-0.1, -0.05) is 59.7 Å². The minimum Gasteiger partial charge on any atom is -0.481 e. The molecular formula is C18H18O2. The lowest BCUT2D eigenvalue weighted by Gasteiger charge is -2.19. The number of aliphatic carboxylic acids is 1. The number of carboxylic acids is 1. The molecule has 1 unspecified atom stereocenters. The molecule has 1 aliphatic carbocycles. The van der Waals surface area contributed by atoms with Crippen LogP contribution in [0.25, 0.3) is 0 Å². The van der Waals surface area contributed by atoms with Crippen LogP contribution in [0.15, 0.2) is 48.5 Å². The first kappa shape index (κ1) is 12.9. The van der Waals surface area contributed by atoms with Crippen LogP contribution in [0.2, 0.25) is 0 Å². The van der Waals surface area contributed by atoms with E-state index in [1.807, 2.05) is 38.1 Å². The maximum absolute atomic E-state index is 11.5. The molecule has 0 bridgehead atoms. The Hall–Kier alpha value is -2.09. The van der Waals surface area contributed by atoms with Gasteiger partial charge in [0.05, 0.1) is 5.92 Å². The van der Waals surface area contributed by atoms with Crippen LogP contribution in [0.1, 0.15) is 28.7 Å². The van der Waals surface area contributed by atoms with Gasteiger partial charge in [0, 0.05) is 5.41 Å². The van der Waals surface area contributed by atoms with E-state index in [9.17, 15) is 9.90 Å². The van der Waals surface area contributed by atoms with E-state index in [2.05, 4.69) is 24.3 Å². The van der Waals surface area contributed by atoms with E-state index in [-0.39, 0.29) is 11.3 Å². The summed E-state index contributed by atoms with van der Waals surface area (Å²) in [6.45, 7) is 4.09. The summed E-state index contributed by atoms with van der Waals surface area (Å²) < 4.78 is 0. The molecule has 1 N–H and O–H groups in total. The highest BCUT2D eigenvalue weighted by atomic mass is 16.4. The van der Waals surface area contributed by atoms with Gasteiger partial charge < -0.3 is 5.11 Å². The normalized spacial score (nSPS) is 19.6. The number of aryl methyl sites for hydroxylation is 2. The molecule has 0 aromatic heterocycles. The van der Waals surface area contributed by atoms with Crippen LogP contribution in [0.3, 0.4) is 0 Å². The molecule has 0 radical (unpaired) electrons. The zero-order valence-corrected chi connectivity index (χ0v) is 11.8. The third-order valence-electron chi connectivity index (χ3n) is 4.33. The second-order valence-corrected chi connectivity index (χ2v) is 5.81.